The molecule has 0 radical (unpaired) electrons. The highest BCUT2D eigenvalue weighted by Gasteiger charge is 2.18. The van der Waals surface area contributed by atoms with Crippen molar-refractivity contribution in [2.45, 2.75) is 20.5 Å². The molecule has 1 N–H and O–H groups in total. The summed E-state index contributed by atoms with van der Waals surface area (Å²) >= 11 is 0. The average Bonchev–Trinajstić information content (AvgIpc) is 2.95. The van der Waals surface area contributed by atoms with Crippen LogP contribution < -0.4 is 0 Å². The van der Waals surface area contributed by atoms with Crippen molar-refractivity contribution >= 4 is 22.5 Å². The number of carbonyl (C=O) groups is 1. The quantitative estimate of drug-likeness (QED) is 0.681. The van der Waals surface area contributed by atoms with Crippen LogP contribution in [0, 0.1) is 0 Å². The maximum atomic E-state index is 12.2. The smallest absolute Gasteiger partial charge is 0.295 e. The van der Waals surface area contributed by atoms with E-state index in [4.69, 9.17) is 0 Å². The van der Waals surface area contributed by atoms with Crippen LogP contribution >= 0.6 is 0 Å². The molecule has 0 saturated carbocycles. The van der Waals surface area contributed by atoms with Crippen LogP contribution in [0.1, 0.15) is 24.2 Å². The van der Waals surface area contributed by atoms with Gasteiger partial charge in [-0.2, -0.15) is 0 Å². The minimum atomic E-state index is -0.479. The Labute approximate surface area is 151 Å². The largest absolute Gasteiger partial charge is 0.493 e. The van der Waals surface area contributed by atoms with Gasteiger partial charge in [-0.05, 0) is 31.3 Å². The van der Waals surface area contributed by atoms with Gasteiger partial charge in [0.05, 0.1) is 12.2 Å². The Kier molecular flexibility index (Phi) is 5.38. The molecule has 134 valence electrons. The van der Waals surface area contributed by atoms with Crippen LogP contribution in [0.4, 0.5) is 5.69 Å². The monoisotopic (exact) mass is 351 g/mol. The van der Waals surface area contributed by atoms with Crippen molar-refractivity contribution in [3.05, 3.63) is 54.4 Å². The van der Waals surface area contributed by atoms with E-state index in [2.05, 4.69) is 34.0 Å². The Bertz CT molecular complexity index is 930. The molecule has 0 bridgehead atoms. The van der Waals surface area contributed by atoms with Gasteiger partial charge in [0, 0.05) is 23.3 Å². The first-order chi connectivity index (χ1) is 12.7. The second kappa shape index (κ2) is 7.88. The lowest BCUT2D eigenvalue weighted by molar-refractivity contribution is 0.0995. The number of fused-ring (bicyclic) bond motifs is 1. The third-order valence-corrected chi connectivity index (χ3v) is 4.32. The van der Waals surface area contributed by atoms with E-state index in [9.17, 15) is 9.90 Å². The Hall–Kier alpha value is -3.06. The van der Waals surface area contributed by atoms with Gasteiger partial charge in [-0.25, -0.2) is 0 Å². The fourth-order valence-corrected chi connectivity index (χ4v) is 2.78. The highest BCUT2D eigenvalue weighted by Crippen LogP contribution is 2.39. The predicted molar refractivity (Wildman–Crippen MR) is 99.6 cm³/mol. The third kappa shape index (κ3) is 3.48. The molecule has 0 fully saturated rings. The molecular weight excluding hydrogens is 330 g/mol. The van der Waals surface area contributed by atoms with Crippen molar-refractivity contribution in [1.29, 1.82) is 0 Å². The average molecular weight is 351 g/mol. The summed E-state index contributed by atoms with van der Waals surface area (Å²) in [4.78, 5) is 18.2. The number of rotatable bonds is 6. The van der Waals surface area contributed by atoms with E-state index in [0.717, 1.165) is 24.0 Å². The van der Waals surface area contributed by atoms with Crippen LogP contribution in [0.25, 0.3) is 10.9 Å². The molecule has 0 aliphatic carbocycles. The second-order valence-electron chi connectivity index (χ2n) is 5.80. The van der Waals surface area contributed by atoms with Gasteiger partial charge in [-0.3, -0.25) is 19.2 Å². The summed E-state index contributed by atoms with van der Waals surface area (Å²) in [7, 11) is 0. The first-order valence-corrected chi connectivity index (χ1v) is 8.54. The number of hydrogen-bond acceptors (Lipinski definition) is 5. The molecule has 0 aliphatic rings. The zero-order valence-corrected chi connectivity index (χ0v) is 14.8. The summed E-state index contributed by atoms with van der Waals surface area (Å²) < 4.78 is 1.79. The highest BCUT2D eigenvalue weighted by molar-refractivity contribution is 5.97. The Balaban J connectivity index is 1.99. The molecule has 0 aliphatic heterocycles. The van der Waals surface area contributed by atoms with E-state index in [1.54, 1.807) is 16.7 Å². The van der Waals surface area contributed by atoms with Crippen molar-refractivity contribution in [1.82, 2.24) is 14.5 Å². The van der Waals surface area contributed by atoms with Gasteiger partial charge >= 0.3 is 0 Å². The van der Waals surface area contributed by atoms with E-state index in [1.165, 1.54) is 12.4 Å². The zero-order valence-electron chi connectivity index (χ0n) is 14.8. The number of azo groups is 1. The predicted octanol–water partition coefficient (Wildman–Crippen LogP) is 3.97. The van der Waals surface area contributed by atoms with Crippen molar-refractivity contribution in [2.24, 2.45) is 10.2 Å². The number of aromatic hydroxyl groups is 1. The minimum Gasteiger partial charge on any atom is -0.493 e. The van der Waals surface area contributed by atoms with Crippen LogP contribution in [-0.2, 0) is 6.67 Å². The van der Waals surface area contributed by atoms with E-state index in [1.807, 2.05) is 24.3 Å². The van der Waals surface area contributed by atoms with Gasteiger partial charge in [0.1, 0.15) is 0 Å². The molecule has 0 saturated heterocycles. The van der Waals surface area contributed by atoms with Gasteiger partial charge in [-0.1, -0.05) is 32.0 Å². The van der Waals surface area contributed by atoms with Crippen molar-refractivity contribution in [2.75, 3.05) is 13.1 Å². The molecule has 3 rings (SSSR count). The van der Waals surface area contributed by atoms with Crippen molar-refractivity contribution in [3.8, 4) is 5.88 Å². The SMILES string of the molecule is CCN(CC)Cn1c(O)c(N=NC(=O)c2ccncc2)c2ccccc21. The number of para-hydroxylation sites is 1. The van der Waals surface area contributed by atoms with Gasteiger partial charge < -0.3 is 5.11 Å². The molecule has 0 atom stereocenters. The summed E-state index contributed by atoms with van der Waals surface area (Å²) in [5, 5.41) is 19.3. The fraction of sp³-hybridized carbons (Fsp3) is 0.263. The molecule has 1 aromatic carbocycles. The number of benzene rings is 1. The summed E-state index contributed by atoms with van der Waals surface area (Å²) in [6.07, 6.45) is 3.05. The third-order valence-electron chi connectivity index (χ3n) is 4.32. The summed E-state index contributed by atoms with van der Waals surface area (Å²) in [5.41, 5.74) is 1.55. The van der Waals surface area contributed by atoms with E-state index in [-0.39, 0.29) is 5.88 Å². The normalized spacial score (nSPS) is 11.7. The first-order valence-electron chi connectivity index (χ1n) is 8.54. The van der Waals surface area contributed by atoms with Crippen LogP contribution in [0.2, 0.25) is 0 Å². The molecule has 7 heteroatoms. The maximum Gasteiger partial charge on any atom is 0.295 e. The second-order valence-corrected chi connectivity index (χ2v) is 5.80. The number of amides is 1. The molecule has 0 unspecified atom stereocenters. The van der Waals surface area contributed by atoms with Crippen molar-refractivity contribution in [3.63, 3.8) is 0 Å². The molecule has 7 nitrogen and oxygen atoms in total. The lowest BCUT2D eigenvalue weighted by Crippen LogP contribution is -2.25. The maximum absolute atomic E-state index is 12.2. The molecule has 3 aromatic rings. The zero-order chi connectivity index (χ0) is 18.5. The Morgan fingerprint density at radius 1 is 1.15 bits per heavy atom. The first kappa shape index (κ1) is 17.8. The summed E-state index contributed by atoms with van der Waals surface area (Å²) in [6, 6.07) is 10.7. The Morgan fingerprint density at radius 3 is 2.54 bits per heavy atom. The summed E-state index contributed by atoms with van der Waals surface area (Å²) in [6.45, 7) is 6.40. The van der Waals surface area contributed by atoms with Crippen LogP contribution in [0.15, 0.2) is 59.0 Å². The number of aromatic nitrogens is 2. The number of nitrogens with zero attached hydrogens (tertiary/aromatic N) is 5. The molecule has 26 heavy (non-hydrogen) atoms. The molecule has 0 spiro atoms. The van der Waals surface area contributed by atoms with Crippen LogP contribution in [-0.4, -0.2) is 38.6 Å². The van der Waals surface area contributed by atoms with E-state index >= 15 is 0 Å². The Morgan fingerprint density at radius 2 is 1.85 bits per heavy atom. The van der Waals surface area contributed by atoms with Gasteiger partial charge in [0.25, 0.3) is 5.91 Å². The van der Waals surface area contributed by atoms with Gasteiger partial charge in [0.2, 0.25) is 5.88 Å². The lowest BCUT2D eigenvalue weighted by atomic mass is 10.2. The van der Waals surface area contributed by atoms with E-state index in [0.29, 0.717) is 17.9 Å². The fourth-order valence-electron chi connectivity index (χ4n) is 2.78. The van der Waals surface area contributed by atoms with Crippen molar-refractivity contribution < 1.29 is 9.90 Å². The van der Waals surface area contributed by atoms with Gasteiger partial charge in [-0.15, -0.1) is 10.2 Å². The lowest BCUT2D eigenvalue weighted by Gasteiger charge is -2.19. The van der Waals surface area contributed by atoms with Crippen LogP contribution in [0.3, 0.4) is 0 Å². The standard InChI is InChI=1S/C19H21N5O2/c1-3-23(4-2)13-24-16-8-6-5-7-15(16)17(19(24)26)21-22-18(25)14-9-11-20-12-10-14/h5-12,26H,3-4,13H2,1-2H3. The van der Waals surface area contributed by atoms with Crippen LogP contribution in [0.5, 0.6) is 5.88 Å². The molecule has 2 aromatic heterocycles. The molecule has 2 heterocycles. The topological polar surface area (TPSA) is 83.1 Å². The number of carbonyl (C=O) groups excluding carboxylic acids is 1. The molecule has 1 amide bonds. The number of pyridine rings is 1. The summed E-state index contributed by atoms with van der Waals surface area (Å²) in [5.74, 6) is -0.475. The van der Waals surface area contributed by atoms with Gasteiger partial charge in [0.15, 0.2) is 5.69 Å². The molecular formula is C19H21N5O2. The highest BCUT2D eigenvalue weighted by atomic mass is 16.3. The number of hydrogen-bond donors (Lipinski definition) is 1. The minimum absolute atomic E-state index is 0.00405. The van der Waals surface area contributed by atoms with E-state index < -0.39 is 5.91 Å².